The quantitative estimate of drug-likeness (QED) is 0.868. The van der Waals surface area contributed by atoms with Gasteiger partial charge in [0.1, 0.15) is 23.3 Å². The molecule has 1 atom stereocenters. The maximum absolute atomic E-state index is 14.3. The second-order valence-corrected chi connectivity index (χ2v) is 6.16. The van der Waals surface area contributed by atoms with Crippen molar-refractivity contribution < 1.29 is 9.13 Å². The molecule has 1 aliphatic heterocycles. The molecule has 24 heavy (non-hydrogen) atoms. The Morgan fingerprint density at radius 3 is 2.88 bits per heavy atom. The van der Waals surface area contributed by atoms with Gasteiger partial charge in [-0.25, -0.2) is 14.4 Å². The average molecular weight is 324 g/mol. The Morgan fingerprint density at radius 1 is 1.29 bits per heavy atom. The summed E-state index contributed by atoms with van der Waals surface area (Å²) in [5.41, 5.74) is 0.982. The number of rotatable bonds is 3. The molecule has 1 aromatic carbocycles. The minimum absolute atomic E-state index is 0.270. The molecule has 1 aliphatic carbocycles. The Bertz CT molecular complexity index is 800. The van der Waals surface area contributed by atoms with E-state index in [0.717, 1.165) is 18.7 Å². The van der Waals surface area contributed by atoms with Crippen LogP contribution in [0.15, 0.2) is 30.5 Å². The largest absolute Gasteiger partial charge is 0.377 e. The molecule has 2 aliphatic rings. The lowest BCUT2D eigenvalue weighted by Crippen LogP contribution is -2.41. The van der Waals surface area contributed by atoms with E-state index in [1.807, 2.05) is 11.0 Å². The number of nitrogens with zero attached hydrogens (tertiary/aromatic N) is 4. The first kappa shape index (κ1) is 15.0. The van der Waals surface area contributed by atoms with Crippen molar-refractivity contribution in [2.45, 2.75) is 24.8 Å². The topological polar surface area (TPSA) is 62.0 Å². The van der Waals surface area contributed by atoms with Gasteiger partial charge in [0.15, 0.2) is 5.82 Å². The fraction of sp³-hybridized carbons (Fsp3) is 0.389. The zero-order chi connectivity index (χ0) is 16.5. The zero-order valence-electron chi connectivity index (χ0n) is 13.2. The number of halogens is 1. The number of ether oxygens (including phenoxy) is 1. The van der Waals surface area contributed by atoms with Gasteiger partial charge in [0, 0.05) is 18.0 Å². The van der Waals surface area contributed by atoms with Crippen molar-refractivity contribution in [3.05, 3.63) is 53.2 Å². The summed E-state index contributed by atoms with van der Waals surface area (Å²) in [5.74, 6) is 1.49. The third-order valence-electron chi connectivity index (χ3n) is 4.51. The molecule has 0 spiro atoms. The molecule has 4 rings (SSSR count). The van der Waals surface area contributed by atoms with Gasteiger partial charge in [0.05, 0.1) is 25.5 Å². The van der Waals surface area contributed by atoms with E-state index in [-0.39, 0.29) is 11.9 Å². The number of hydrogen-bond donors (Lipinski definition) is 0. The highest BCUT2D eigenvalue weighted by Crippen LogP contribution is 2.39. The van der Waals surface area contributed by atoms with E-state index in [9.17, 15) is 9.65 Å². The number of aromatic nitrogens is 2. The van der Waals surface area contributed by atoms with Crippen molar-refractivity contribution in [2.75, 3.05) is 24.7 Å². The van der Waals surface area contributed by atoms with Gasteiger partial charge in [0.2, 0.25) is 0 Å². The van der Waals surface area contributed by atoms with Crippen LogP contribution in [0.2, 0.25) is 0 Å². The number of morpholine rings is 1. The molecule has 6 heteroatoms. The number of hydrogen-bond acceptors (Lipinski definition) is 5. The summed E-state index contributed by atoms with van der Waals surface area (Å²) in [6.07, 6.45) is 3.76. The van der Waals surface area contributed by atoms with E-state index in [1.165, 1.54) is 6.07 Å². The maximum Gasteiger partial charge on any atom is 0.150 e. The molecule has 0 radical (unpaired) electrons. The minimum atomic E-state index is -0.297. The van der Waals surface area contributed by atoms with Crippen LogP contribution in [0.1, 0.15) is 41.8 Å². The smallest absolute Gasteiger partial charge is 0.150 e. The molecule has 1 saturated carbocycles. The highest BCUT2D eigenvalue weighted by Gasteiger charge is 2.32. The fourth-order valence-corrected chi connectivity index (χ4v) is 3.08. The third-order valence-corrected chi connectivity index (χ3v) is 4.51. The van der Waals surface area contributed by atoms with Gasteiger partial charge in [-0.1, -0.05) is 18.2 Å². The molecule has 2 heterocycles. The summed E-state index contributed by atoms with van der Waals surface area (Å²) in [6, 6.07) is 8.56. The van der Waals surface area contributed by atoms with Crippen molar-refractivity contribution in [3.63, 3.8) is 0 Å². The molecule has 0 amide bonds. The van der Waals surface area contributed by atoms with Crippen LogP contribution in [0.4, 0.5) is 10.2 Å². The predicted molar refractivity (Wildman–Crippen MR) is 86.0 cm³/mol. The zero-order valence-corrected chi connectivity index (χ0v) is 13.2. The molecular formula is C18H17FN4O. The number of nitriles is 1. The molecule has 1 aromatic heterocycles. The molecule has 2 fully saturated rings. The first-order chi connectivity index (χ1) is 11.8. The lowest BCUT2D eigenvalue weighted by atomic mass is 10.0. The molecular weight excluding hydrogens is 307 g/mol. The predicted octanol–water partition coefficient (Wildman–Crippen LogP) is 2.94. The van der Waals surface area contributed by atoms with Gasteiger partial charge in [0.25, 0.3) is 0 Å². The fourth-order valence-electron chi connectivity index (χ4n) is 3.08. The Morgan fingerprint density at radius 2 is 2.12 bits per heavy atom. The summed E-state index contributed by atoms with van der Waals surface area (Å²) in [6.45, 7) is 1.46. The van der Waals surface area contributed by atoms with Crippen molar-refractivity contribution in [2.24, 2.45) is 0 Å². The van der Waals surface area contributed by atoms with Gasteiger partial charge < -0.3 is 9.64 Å². The normalized spacial score (nSPS) is 20.7. The highest BCUT2D eigenvalue weighted by molar-refractivity contribution is 5.55. The third kappa shape index (κ3) is 2.72. The van der Waals surface area contributed by atoms with Crippen LogP contribution in [0, 0.1) is 17.1 Å². The van der Waals surface area contributed by atoms with E-state index < -0.39 is 0 Å². The summed E-state index contributed by atoms with van der Waals surface area (Å²) >= 11 is 0. The molecule has 1 saturated heterocycles. The standard InChI is InChI=1S/C18H17FN4O/c19-15-4-2-1-3-14(15)16-11-24-8-7-23(16)18-13(9-20)10-21-17(22-18)12-5-6-12/h1-4,10,12,16H,5-8,11H2. The van der Waals surface area contributed by atoms with E-state index in [2.05, 4.69) is 16.0 Å². The van der Waals surface area contributed by atoms with Crippen LogP contribution in [0.3, 0.4) is 0 Å². The van der Waals surface area contributed by atoms with E-state index in [0.29, 0.717) is 42.6 Å². The number of benzene rings is 1. The average Bonchev–Trinajstić information content (AvgIpc) is 3.47. The molecule has 122 valence electrons. The van der Waals surface area contributed by atoms with Crippen LogP contribution in [-0.2, 0) is 4.74 Å². The van der Waals surface area contributed by atoms with Gasteiger partial charge >= 0.3 is 0 Å². The van der Waals surface area contributed by atoms with Crippen LogP contribution in [0.5, 0.6) is 0 Å². The second-order valence-electron chi connectivity index (χ2n) is 6.16. The van der Waals surface area contributed by atoms with Crippen LogP contribution < -0.4 is 4.90 Å². The molecule has 2 aromatic rings. The lowest BCUT2D eigenvalue weighted by molar-refractivity contribution is 0.0926. The van der Waals surface area contributed by atoms with Crippen molar-refractivity contribution in [3.8, 4) is 6.07 Å². The lowest BCUT2D eigenvalue weighted by Gasteiger charge is -2.37. The maximum atomic E-state index is 14.3. The van der Waals surface area contributed by atoms with Gasteiger partial charge in [-0.2, -0.15) is 5.26 Å². The van der Waals surface area contributed by atoms with Gasteiger partial charge in [-0.3, -0.25) is 0 Å². The molecule has 0 bridgehead atoms. The molecule has 5 nitrogen and oxygen atoms in total. The summed E-state index contributed by atoms with van der Waals surface area (Å²) in [5, 5.41) is 9.44. The van der Waals surface area contributed by atoms with Crippen molar-refractivity contribution in [1.29, 1.82) is 5.26 Å². The van der Waals surface area contributed by atoms with Crippen LogP contribution in [-0.4, -0.2) is 29.7 Å². The Kier molecular flexibility index (Phi) is 3.87. The molecule has 1 unspecified atom stereocenters. The van der Waals surface area contributed by atoms with Crippen LogP contribution >= 0.6 is 0 Å². The summed E-state index contributed by atoms with van der Waals surface area (Å²) < 4.78 is 19.9. The van der Waals surface area contributed by atoms with Crippen LogP contribution in [0.25, 0.3) is 0 Å². The Labute approximate surface area is 139 Å². The van der Waals surface area contributed by atoms with Crippen molar-refractivity contribution >= 4 is 5.82 Å². The SMILES string of the molecule is N#Cc1cnc(C2CC2)nc1N1CCOCC1c1ccccc1F. The Hall–Kier alpha value is -2.52. The number of anilines is 1. The van der Waals surface area contributed by atoms with E-state index in [1.54, 1.807) is 18.3 Å². The Balaban J connectivity index is 1.77. The molecule has 0 N–H and O–H groups in total. The van der Waals surface area contributed by atoms with Crippen molar-refractivity contribution in [1.82, 2.24) is 9.97 Å². The first-order valence-electron chi connectivity index (χ1n) is 8.14. The van der Waals surface area contributed by atoms with E-state index in [4.69, 9.17) is 4.74 Å². The minimum Gasteiger partial charge on any atom is -0.377 e. The van der Waals surface area contributed by atoms with Gasteiger partial charge in [-0.05, 0) is 18.9 Å². The van der Waals surface area contributed by atoms with Gasteiger partial charge in [-0.15, -0.1) is 0 Å². The second kappa shape index (κ2) is 6.17. The highest BCUT2D eigenvalue weighted by atomic mass is 19.1. The van der Waals surface area contributed by atoms with E-state index >= 15 is 0 Å². The monoisotopic (exact) mass is 324 g/mol. The summed E-state index contributed by atoms with van der Waals surface area (Å²) in [4.78, 5) is 10.9. The first-order valence-corrected chi connectivity index (χ1v) is 8.14. The summed E-state index contributed by atoms with van der Waals surface area (Å²) in [7, 11) is 0.